The minimum Gasteiger partial charge on any atom is -0.462 e. The molecule has 1 aliphatic heterocycles. The topological polar surface area (TPSA) is 52.6 Å². The van der Waals surface area contributed by atoms with Gasteiger partial charge in [-0.15, -0.1) is 11.6 Å². The van der Waals surface area contributed by atoms with Crippen LogP contribution in [0.4, 0.5) is 4.39 Å². The van der Waals surface area contributed by atoms with E-state index in [1.807, 2.05) is 0 Å². The van der Waals surface area contributed by atoms with Crippen molar-refractivity contribution in [2.24, 2.45) is 5.41 Å². The molecule has 0 aliphatic carbocycles. The number of hydrogen-bond acceptors (Lipinski definition) is 4. The molecule has 1 saturated heterocycles. The van der Waals surface area contributed by atoms with Crippen molar-refractivity contribution >= 4 is 23.5 Å². The summed E-state index contributed by atoms with van der Waals surface area (Å²) in [4.78, 5) is 23.7. The Bertz CT molecular complexity index is 585. The molecule has 1 fully saturated rings. The second kappa shape index (κ2) is 5.64. The van der Waals surface area contributed by atoms with Gasteiger partial charge in [0.15, 0.2) is 5.38 Å². The van der Waals surface area contributed by atoms with Gasteiger partial charge in [-0.05, 0) is 30.2 Å². The number of carbonyl (C=O) groups is 2. The number of halogens is 2. The van der Waals surface area contributed by atoms with E-state index in [0.29, 0.717) is 11.1 Å². The van der Waals surface area contributed by atoms with Crippen LogP contribution in [-0.4, -0.2) is 24.6 Å². The van der Waals surface area contributed by atoms with Gasteiger partial charge in [-0.3, -0.25) is 4.79 Å². The SMILES string of the molecule is Cc1cc(F)ccc1[C@H](Cl)C(=O)O[C@H]1C(=O)OCC1(C)C. The Morgan fingerprint density at radius 2 is 2.19 bits per heavy atom. The van der Waals surface area contributed by atoms with E-state index in [0.717, 1.165) is 0 Å². The molecule has 1 aliphatic rings. The highest BCUT2D eigenvalue weighted by Gasteiger charge is 2.47. The zero-order valence-corrected chi connectivity index (χ0v) is 12.7. The number of carbonyl (C=O) groups excluding carboxylic acids is 2. The molecular weight excluding hydrogens is 299 g/mol. The van der Waals surface area contributed by atoms with Gasteiger partial charge in [-0.1, -0.05) is 19.9 Å². The largest absolute Gasteiger partial charge is 0.462 e. The predicted molar refractivity (Wildman–Crippen MR) is 74.4 cm³/mol. The first kappa shape index (κ1) is 15.8. The van der Waals surface area contributed by atoms with Crippen molar-refractivity contribution in [3.8, 4) is 0 Å². The Morgan fingerprint density at radius 3 is 2.71 bits per heavy atom. The fourth-order valence-corrected chi connectivity index (χ4v) is 2.46. The monoisotopic (exact) mass is 314 g/mol. The van der Waals surface area contributed by atoms with Crippen LogP contribution in [0.3, 0.4) is 0 Å². The van der Waals surface area contributed by atoms with E-state index in [-0.39, 0.29) is 6.61 Å². The number of cyclic esters (lactones) is 1. The molecule has 2 rings (SSSR count). The first-order valence-corrected chi connectivity index (χ1v) is 6.93. The molecule has 0 spiro atoms. The number of alkyl halides is 1. The molecule has 21 heavy (non-hydrogen) atoms. The van der Waals surface area contributed by atoms with Crippen LogP contribution in [0, 0.1) is 18.2 Å². The van der Waals surface area contributed by atoms with Crippen molar-refractivity contribution in [2.45, 2.75) is 32.3 Å². The lowest BCUT2D eigenvalue weighted by Gasteiger charge is -2.23. The van der Waals surface area contributed by atoms with Crippen LogP contribution in [0.5, 0.6) is 0 Å². The zero-order valence-electron chi connectivity index (χ0n) is 12.0. The molecule has 1 aromatic carbocycles. The molecule has 0 saturated carbocycles. The average molecular weight is 315 g/mol. The number of benzene rings is 1. The van der Waals surface area contributed by atoms with Crippen molar-refractivity contribution in [1.82, 2.24) is 0 Å². The second-order valence-electron chi connectivity index (χ2n) is 5.78. The van der Waals surface area contributed by atoms with Gasteiger partial charge in [-0.2, -0.15) is 0 Å². The minimum atomic E-state index is -1.10. The first-order chi connectivity index (χ1) is 9.72. The van der Waals surface area contributed by atoms with Crippen molar-refractivity contribution in [3.05, 3.63) is 35.1 Å². The van der Waals surface area contributed by atoms with Crippen LogP contribution in [0.1, 0.15) is 30.4 Å². The number of ether oxygens (including phenoxy) is 2. The Kier molecular flexibility index (Phi) is 4.23. The van der Waals surface area contributed by atoms with Crippen molar-refractivity contribution < 1.29 is 23.5 Å². The zero-order chi connectivity index (χ0) is 15.8. The summed E-state index contributed by atoms with van der Waals surface area (Å²) in [5, 5.41) is -1.10. The highest BCUT2D eigenvalue weighted by molar-refractivity contribution is 6.30. The lowest BCUT2D eigenvalue weighted by atomic mass is 9.90. The van der Waals surface area contributed by atoms with Crippen LogP contribution in [0.2, 0.25) is 0 Å². The molecule has 0 radical (unpaired) electrons. The summed E-state index contributed by atoms with van der Waals surface area (Å²) in [6, 6.07) is 3.94. The normalized spacial score (nSPS) is 21.8. The maximum Gasteiger partial charge on any atom is 0.348 e. The maximum atomic E-state index is 13.1. The third kappa shape index (κ3) is 3.18. The molecule has 1 heterocycles. The van der Waals surface area contributed by atoms with Crippen LogP contribution in [-0.2, 0) is 19.1 Å². The molecular formula is C15H16ClFO4. The highest BCUT2D eigenvalue weighted by Crippen LogP contribution is 2.33. The molecule has 114 valence electrons. The number of aryl methyl sites for hydroxylation is 1. The quantitative estimate of drug-likeness (QED) is 0.636. The summed E-state index contributed by atoms with van der Waals surface area (Å²) in [5.41, 5.74) is 0.397. The highest BCUT2D eigenvalue weighted by atomic mass is 35.5. The predicted octanol–water partition coefficient (Wildman–Crippen LogP) is 2.91. The van der Waals surface area contributed by atoms with E-state index >= 15 is 0 Å². The van der Waals surface area contributed by atoms with Crippen LogP contribution in [0.15, 0.2) is 18.2 Å². The van der Waals surface area contributed by atoms with E-state index < -0.39 is 34.7 Å². The second-order valence-corrected chi connectivity index (χ2v) is 6.21. The lowest BCUT2D eigenvalue weighted by Crippen LogP contribution is -2.35. The molecule has 6 heteroatoms. The van der Waals surface area contributed by atoms with E-state index in [9.17, 15) is 14.0 Å². The van der Waals surface area contributed by atoms with Gasteiger partial charge < -0.3 is 9.47 Å². The number of rotatable bonds is 3. The standard InChI is InChI=1S/C15H16ClFO4/c1-8-6-9(17)4-5-10(8)11(16)13(18)21-12-14(19)20-7-15(12,2)3/h4-6,11-12H,7H2,1-3H3/t11-,12-/m0/s1. The fraction of sp³-hybridized carbons (Fsp3) is 0.467. The summed E-state index contributed by atoms with van der Waals surface area (Å²) in [7, 11) is 0. The lowest BCUT2D eigenvalue weighted by molar-refractivity contribution is -0.162. The maximum absolute atomic E-state index is 13.1. The van der Waals surface area contributed by atoms with Gasteiger partial charge in [-0.25, -0.2) is 9.18 Å². The van der Waals surface area contributed by atoms with Gasteiger partial charge in [0, 0.05) is 5.41 Å². The summed E-state index contributed by atoms with van der Waals surface area (Å²) in [5.74, 6) is -1.73. The molecule has 1 aromatic rings. The average Bonchev–Trinajstić information content (AvgIpc) is 2.65. The van der Waals surface area contributed by atoms with Gasteiger partial charge in [0.25, 0.3) is 0 Å². The fourth-order valence-electron chi connectivity index (χ4n) is 2.16. The van der Waals surface area contributed by atoms with Crippen molar-refractivity contribution in [2.75, 3.05) is 6.61 Å². The Hall–Kier alpha value is -1.62. The van der Waals surface area contributed by atoms with E-state index in [2.05, 4.69) is 0 Å². The van der Waals surface area contributed by atoms with E-state index in [1.165, 1.54) is 18.2 Å². The number of esters is 2. The van der Waals surface area contributed by atoms with E-state index in [1.54, 1.807) is 20.8 Å². The van der Waals surface area contributed by atoms with Crippen LogP contribution in [0.25, 0.3) is 0 Å². The Morgan fingerprint density at radius 1 is 1.52 bits per heavy atom. The van der Waals surface area contributed by atoms with Crippen molar-refractivity contribution in [3.63, 3.8) is 0 Å². The molecule has 2 atom stereocenters. The molecule has 0 unspecified atom stereocenters. The van der Waals surface area contributed by atoms with Crippen molar-refractivity contribution in [1.29, 1.82) is 0 Å². The molecule has 0 bridgehead atoms. The number of hydrogen-bond donors (Lipinski definition) is 0. The Balaban J connectivity index is 2.15. The van der Waals surface area contributed by atoms with Crippen LogP contribution >= 0.6 is 11.6 Å². The summed E-state index contributed by atoms with van der Waals surface area (Å²) >= 11 is 6.08. The molecule has 0 N–H and O–H groups in total. The van der Waals surface area contributed by atoms with Gasteiger partial charge >= 0.3 is 11.9 Å². The van der Waals surface area contributed by atoms with Gasteiger partial charge in [0.2, 0.25) is 6.10 Å². The molecule has 0 aromatic heterocycles. The van der Waals surface area contributed by atoms with Gasteiger partial charge in [0.1, 0.15) is 12.4 Å². The summed E-state index contributed by atoms with van der Waals surface area (Å²) in [6.45, 7) is 5.37. The first-order valence-electron chi connectivity index (χ1n) is 6.49. The summed E-state index contributed by atoms with van der Waals surface area (Å²) < 4.78 is 23.2. The third-order valence-corrected chi connectivity index (χ3v) is 3.87. The summed E-state index contributed by atoms with van der Waals surface area (Å²) in [6.07, 6.45) is -0.980. The third-order valence-electron chi connectivity index (χ3n) is 3.46. The minimum absolute atomic E-state index is 0.187. The van der Waals surface area contributed by atoms with E-state index in [4.69, 9.17) is 21.1 Å². The Labute approximate surface area is 127 Å². The van der Waals surface area contributed by atoms with Gasteiger partial charge in [0.05, 0.1) is 0 Å². The molecule has 4 nitrogen and oxygen atoms in total. The smallest absolute Gasteiger partial charge is 0.348 e. The van der Waals surface area contributed by atoms with Crippen LogP contribution < -0.4 is 0 Å². The molecule has 0 amide bonds.